The van der Waals surface area contributed by atoms with Crippen molar-refractivity contribution in [1.29, 1.82) is 5.26 Å². The molecule has 0 aliphatic heterocycles. The fraction of sp³-hybridized carbons (Fsp3) is 0.900. The molecule has 0 amide bonds. The van der Waals surface area contributed by atoms with Crippen LogP contribution in [0.15, 0.2) is 0 Å². The summed E-state index contributed by atoms with van der Waals surface area (Å²) in [4.78, 5) is 2.22. The normalized spacial score (nSPS) is 22.2. The van der Waals surface area contributed by atoms with Crippen LogP contribution < -0.4 is 0 Å². The highest BCUT2D eigenvalue weighted by atomic mass is 15.2. The van der Waals surface area contributed by atoms with Gasteiger partial charge in [0.15, 0.2) is 0 Å². The zero-order chi connectivity index (χ0) is 8.97. The molecule has 1 fully saturated rings. The summed E-state index contributed by atoms with van der Waals surface area (Å²) in [7, 11) is 2.07. The van der Waals surface area contributed by atoms with Crippen molar-refractivity contribution in [1.82, 2.24) is 4.90 Å². The van der Waals surface area contributed by atoms with E-state index in [1.165, 1.54) is 32.1 Å². The van der Waals surface area contributed by atoms with Gasteiger partial charge in [-0.15, -0.1) is 0 Å². The van der Waals surface area contributed by atoms with Gasteiger partial charge in [-0.3, -0.25) is 4.90 Å². The third-order valence-electron chi connectivity index (χ3n) is 2.95. The highest BCUT2D eigenvalue weighted by Crippen LogP contribution is 2.22. The second kappa shape index (κ2) is 4.47. The number of hydrogen-bond donors (Lipinski definition) is 0. The molecule has 0 radical (unpaired) electrons. The van der Waals surface area contributed by atoms with Gasteiger partial charge in [-0.25, -0.2) is 0 Å². The monoisotopic (exact) mass is 166 g/mol. The zero-order valence-electron chi connectivity index (χ0n) is 8.08. The fourth-order valence-electron chi connectivity index (χ4n) is 1.90. The molecule has 1 rings (SSSR count). The molecule has 1 saturated carbocycles. The van der Waals surface area contributed by atoms with E-state index >= 15 is 0 Å². The van der Waals surface area contributed by atoms with Crippen LogP contribution >= 0.6 is 0 Å². The third kappa shape index (κ3) is 2.22. The lowest BCUT2D eigenvalue weighted by molar-refractivity contribution is 0.172. The number of hydrogen-bond acceptors (Lipinski definition) is 2. The van der Waals surface area contributed by atoms with E-state index in [0.29, 0.717) is 6.04 Å². The molecule has 2 nitrogen and oxygen atoms in total. The average Bonchev–Trinajstić information content (AvgIpc) is 2.17. The summed E-state index contributed by atoms with van der Waals surface area (Å²) in [6.45, 7) is 1.98. The molecular formula is C10H18N2. The molecule has 0 spiro atoms. The highest BCUT2D eigenvalue weighted by Gasteiger charge is 2.21. The van der Waals surface area contributed by atoms with Crippen LogP contribution in [0.1, 0.15) is 39.0 Å². The molecule has 2 heteroatoms. The molecule has 0 aromatic rings. The molecule has 0 aromatic carbocycles. The van der Waals surface area contributed by atoms with Gasteiger partial charge in [-0.2, -0.15) is 5.26 Å². The van der Waals surface area contributed by atoms with Crippen molar-refractivity contribution in [3.05, 3.63) is 0 Å². The van der Waals surface area contributed by atoms with Crippen molar-refractivity contribution < 1.29 is 0 Å². The first-order chi connectivity index (χ1) is 5.75. The van der Waals surface area contributed by atoms with Gasteiger partial charge < -0.3 is 0 Å². The molecule has 12 heavy (non-hydrogen) atoms. The Morgan fingerprint density at radius 2 is 1.92 bits per heavy atom. The Labute approximate surface area is 75.2 Å². The minimum atomic E-state index is 0.0769. The second-order valence-electron chi connectivity index (χ2n) is 3.76. The summed E-state index contributed by atoms with van der Waals surface area (Å²) in [6.07, 6.45) is 6.62. The van der Waals surface area contributed by atoms with Crippen molar-refractivity contribution >= 4 is 0 Å². The van der Waals surface area contributed by atoms with Crippen molar-refractivity contribution in [2.75, 3.05) is 7.05 Å². The molecule has 0 heterocycles. The minimum absolute atomic E-state index is 0.0769. The molecule has 1 unspecified atom stereocenters. The van der Waals surface area contributed by atoms with E-state index in [2.05, 4.69) is 18.0 Å². The van der Waals surface area contributed by atoms with Crippen molar-refractivity contribution in [2.24, 2.45) is 0 Å². The summed E-state index contributed by atoms with van der Waals surface area (Å²) >= 11 is 0. The van der Waals surface area contributed by atoms with Crippen molar-refractivity contribution in [3.8, 4) is 6.07 Å². The molecule has 68 valence electrons. The maximum Gasteiger partial charge on any atom is 0.0949 e. The second-order valence-corrected chi connectivity index (χ2v) is 3.76. The van der Waals surface area contributed by atoms with Gasteiger partial charge in [0, 0.05) is 6.04 Å². The Kier molecular flexibility index (Phi) is 3.55. The Balaban J connectivity index is 2.40. The predicted molar refractivity (Wildman–Crippen MR) is 49.7 cm³/mol. The van der Waals surface area contributed by atoms with Crippen LogP contribution in [-0.4, -0.2) is 24.0 Å². The minimum Gasteiger partial charge on any atom is -0.288 e. The fourth-order valence-corrected chi connectivity index (χ4v) is 1.90. The van der Waals surface area contributed by atoms with Crippen molar-refractivity contribution in [2.45, 2.75) is 51.1 Å². The number of rotatable bonds is 2. The molecule has 1 atom stereocenters. The summed E-state index contributed by atoms with van der Waals surface area (Å²) in [5.41, 5.74) is 0. The predicted octanol–water partition coefficient (Wildman–Crippen LogP) is 2.16. The molecule has 0 saturated heterocycles. The highest BCUT2D eigenvalue weighted by molar-refractivity contribution is 4.90. The van der Waals surface area contributed by atoms with Crippen LogP contribution in [0.5, 0.6) is 0 Å². The maximum atomic E-state index is 8.74. The van der Waals surface area contributed by atoms with Gasteiger partial charge >= 0.3 is 0 Å². The Morgan fingerprint density at radius 3 is 2.42 bits per heavy atom. The first-order valence-electron chi connectivity index (χ1n) is 4.87. The Bertz CT molecular complexity index is 165. The first-order valence-corrected chi connectivity index (χ1v) is 4.87. The van der Waals surface area contributed by atoms with E-state index < -0.39 is 0 Å². The molecule has 1 aliphatic rings. The molecule has 0 aromatic heterocycles. The van der Waals surface area contributed by atoms with Crippen LogP contribution in [0.25, 0.3) is 0 Å². The zero-order valence-corrected chi connectivity index (χ0v) is 8.08. The van der Waals surface area contributed by atoms with Gasteiger partial charge in [-0.1, -0.05) is 19.3 Å². The van der Waals surface area contributed by atoms with Crippen molar-refractivity contribution in [3.63, 3.8) is 0 Å². The maximum absolute atomic E-state index is 8.74. The Morgan fingerprint density at radius 1 is 1.33 bits per heavy atom. The largest absolute Gasteiger partial charge is 0.288 e. The summed E-state index contributed by atoms with van der Waals surface area (Å²) in [5, 5.41) is 8.74. The molecule has 0 bridgehead atoms. The quantitative estimate of drug-likeness (QED) is 0.628. The smallest absolute Gasteiger partial charge is 0.0949 e. The van der Waals surface area contributed by atoms with Crippen LogP contribution in [0.4, 0.5) is 0 Å². The first kappa shape index (κ1) is 9.54. The standard InChI is InChI=1S/C10H18N2/c1-9(8-11)12(2)10-6-4-3-5-7-10/h9-10H,3-7H2,1-2H3. The molecule has 1 aliphatic carbocycles. The van der Waals surface area contributed by atoms with E-state index in [1.807, 2.05) is 6.92 Å². The van der Waals surface area contributed by atoms with E-state index in [4.69, 9.17) is 5.26 Å². The van der Waals surface area contributed by atoms with Gasteiger partial charge in [0.25, 0.3) is 0 Å². The van der Waals surface area contributed by atoms with Crippen LogP contribution in [0.3, 0.4) is 0 Å². The number of nitrogens with zero attached hydrogens (tertiary/aromatic N) is 2. The Hall–Kier alpha value is -0.550. The van der Waals surface area contributed by atoms with Crippen LogP contribution in [-0.2, 0) is 0 Å². The topological polar surface area (TPSA) is 27.0 Å². The van der Waals surface area contributed by atoms with Crippen LogP contribution in [0, 0.1) is 11.3 Å². The third-order valence-corrected chi connectivity index (χ3v) is 2.95. The summed E-state index contributed by atoms with van der Waals surface area (Å²) < 4.78 is 0. The average molecular weight is 166 g/mol. The lowest BCUT2D eigenvalue weighted by Crippen LogP contribution is -2.38. The van der Waals surface area contributed by atoms with Gasteiger partial charge in [0.2, 0.25) is 0 Å². The molecular weight excluding hydrogens is 148 g/mol. The SMILES string of the molecule is CC(C#N)N(C)C1CCCCC1. The van der Waals surface area contributed by atoms with E-state index in [9.17, 15) is 0 Å². The lowest BCUT2D eigenvalue weighted by atomic mass is 9.94. The van der Waals surface area contributed by atoms with Crippen LogP contribution in [0.2, 0.25) is 0 Å². The summed E-state index contributed by atoms with van der Waals surface area (Å²) in [6, 6.07) is 3.03. The van der Waals surface area contributed by atoms with Gasteiger partial charge in [-0.05, 0) is 26.8 Å². The van der Waals surface area contributed by atoms with E-state index in [-0.39, 0.29) is 6.04 Å². The van der Waals surface area contributed by atoms with E-state index in [1.54, 1.807) is 0 Å². The van der Waals surface area contributed by atoms with E-state index in [0.717, 1.165) is 0 Å². The lowest BCUT2D eigenvalue weighted by Gasteiger charge is -2.32. The van der Waals surface area contributed by atoms with Gasteiger partial charge in [0.05, 0.1) is 12.1 Å². The number of nitriles is 1. The van der Waals surface area contributed by atoms with Gasteiger partial charge in [0.1, 0.15) is 0 Å². The molecule has 0 N–H and O–H groups in total. The summed E-state index contributed by atoms with van der Waals surface area (Å²) in [5.74, 6) is 0.